The molecule has 0 aliphatic heterocycles. The van der Waals surface area contributed by atoms with E-state index in [4.69, 9.17) is 16.3 Å². The molecule has 3 aromatic rings. The summed E-state index contributed by atoms with van der Waals surface area (Å²) in [5.41, 5.74) is 1.80. The van der Waals surface area contributed by atoms with Crippen LogP contribution in [0.15, 0.2) is 42.5 Å². The number of anilines is 2. The molecule has 0 saturated carbocycles. The first-order valence-electron chi connectivity index (χ1n) is 5.72. The number of halogens is 1. The Morgan fingerprint density at radius 3 is 2.84 bits per heavy atom. The molecule has 1 heterocycles. The Kier molecular flexibility index (Phi) is 3.27. The van der Waals surface area contributed by atoms with Crippen molar-refractivity contribution in [1.29, 1.82) is 0 Å². The first-order valence-corrected chi connectivity index (χ1v) is 6.92. The maximum atomic E-state index is 6.11. The second-order valence-electron chi connectivity index (χ2n) is 3.96. The fraction of sp³-hybridized carbons (Fsp3) is 0.0714. The summed E-state index contributed by atoms with van der Waals surface area (Å²) in [7, 11) is 1.66. The summed E-state index contributed by atoms with van der Waals surface area (Å²) in [5, 5.41) is 4.73. The molecule has 0 aliphatic carbocycles. The van der Waals surface area contributed by atoms with Crippen molar-refractivity contribution in [3.63, 3.8) is 0 Å². The lowest BCUT2D eigenvalue weighted by molar-refractivity contribution is 0.415. The van der Waals surface area contributed by atoms with Gasteiger partial charge in [-0.25, -0.2) is 4.98 Å². The highest BCUT2D eigenvalue weighted by Crippen LogP contribution is 2.32. The molecule has 0 saturated heterocycles. The van der Waals surface area contributed by atoms with Crippen LogP contribution < -0.4 is 10.1 Å². The summed E-state index contributed by atoms with van der Waals surface area (Å²) in [4.78, 5) is 4.52. The number of aromatic nitrogens is 1. The number of hydrogen-bond donors (Lipinski definition) is 1. The molecule has 0 unspecified atom stereocenters. The Bertz CT molecular complexity index is 726. The second kappa shape index (κ2) is 5.07. The molecule has 0 amide bonds. The fourth-order valence-corrected chi connectivity index (χ4v) is 2.85. The molecule has 2 aromatic carbocycles. The van der Waals surface area contributed by atoms with Crippen LogP contribution in [0, 0.1) is 0 Å². The van der Waals surface area contributed by atoms with E-state index in [9.17, 15) is 0 Å². The van der Waals surface area contributed by atoms with Gasteiger partial charge in [-0.3, -0.25) is 0 Å². The summed E-state index contributed by atoms with van der Waals surface area (Å²) in [6.07, 6.45) is 0. The van der Waals surface area contributed by atoms with Crippen LogP contribution in [0.1, 0.15) is 0 Å². The maximum absolute atomic E-state index is 6.11. The van der Waals surface area contributed by atoms with E-state index < -0.39 is 0 Å². The summed E-state index contributed by atoms with van der Waals surface area (Å²) in [5.74, 6) is 0.834. The van der Waals surface area contributed by atoms with E-state index in [1.54, 1.807) is 18.4 Å². The molecule has 96 valence electrons. The van der Waals surface area contributed by atoms with Gasteiger partial charge in [0.1, 0.15) is 5.75 Å². The summed E-state index contributed by atoms with van der Waals surface area (Å²) >= 11 is 7.68. The smallest absolute Gasteiger partial charge is 0.188 e. The largest absolute Gasteiger partial charge is 0.497 e. The number of rotatable bonds is 3. The van der Waals surface area contributed by atoms with Crippen molar-refractivity contribution in [3.8, 4) is 5.75 Å². The third-order valence-corrected chi connectivity index (χ3v) is 3.97. The minimum absolute atomic E-state index is 0.680. The molecule has 0 fully saturated rings. The first-order chi connectivity index (χ1) is 9.26. The Hall–Kier alpha value is -1.78. The predicted octanol–water partition coefficient (Wildman–Crippen LogP) is 4.70. The van der Waals surface area contributed by atoms with Crippen LogP contribution in [0.2, 0.25) is 5.02 Å². The molecule has 5 heteroatoms. The second-order valence-corrected chi connectivity index (χ2v) is 5.40. The average Bonchev–Trinajstić information content (AvgIpc) is 2.82. The number of nitrogens with zero attached hydrogens (tertiary/aromatic N) is 1. The monoisotopic (exact) mass is 290 g/mol. The molecular formula is C14H11ClN2OS. The Morgan fingerprint density at radius 2 is 2.05 bits per heavy atom. The van der Waals surface area contributed by atoms with E-state index in [2.05, 4.69) is 10.3 Å². The quantitative estimate of drug-likeness (QED) is 0.759. The van der Waals surface area contributed by atoms with E-state index in [1.807, 2.05) is 42.5 Å². The minimum atomic E-state index is 0.680. The lowest BCUT2D eigenvalue weighted by Gasteiger charge is -2.03. The minimum Gasteiger partial charge on any atom is -0.497 e. The number of nitrogens with one attached hydrogen (secondary N) is 1. The molecule has 0 atom stereocenters. The Morgan fingerprint density at radius 1 is 1.21 bits per heavy atom. The lowest BCUT2D eigenvalue weighted by atomic mass is 10.3. The molecule has 0 aliphatic rings. The van der Waals surface area contributed by atoms with Gasteiger partial charge in [-0.05, 0) is 30.3 Å². The van der Waals surface area contributed by atoms with Crippen molar-refractivity contribution in [1.82, 2.24) is 4.98 Å². The average molecular weight is 291 g/mol. The van der Waals surface area contributed by atoms with E-state index in [-0.39, 0.29) is 0 Å². The van der Waals surface area contributed by atoms with Gasteiger partial charge in [-0.1, -0.05) is 35.1 Å². The van der Waals surface area contributed by atoms with Gasteiger partial charge in [-0.15, -0.1) is 0 Å². The summed E-state index contributed by atoms with van der Waals surface area (Å²) < 4.78 is 6.28. The SMILES string of the molecule is COc1ccc2nc(Nc3ccccc3Cl)sc2c1. The van der Waals surface area contributed by atoms with E-state index in [1.165, 1.54) is 0 Å². The molecule has 19 heavy (non-hydrogen) atoms. The molecule has 1 N–H and O–H groups in total. The zero-order chi connectivity index (χ0) is 13.2. The van der Waals surface area contributed by atoms with Crippen LogP contribution in [0.5, 0.6) is 5.75 Å². The van der Waals surface area contributed by atoms with Crippen molar-refractivity contribution >= 4 is 44.0 Å². The van der Waals surface area contributed by atoms with E-state index in [0.29, 0.717) is 5.02 Å². The number of fused-ring (bicyclic) bond motifs is 1. The zero-order valence-electron chi connectivity index (χ0n) is 10.2. The Labute approximate surface area is 119 Å². The van der Waals surface area contributed by atoms with Crippen LogP contribution in [0.4, 0.5) is 10.8 Å². The standard InChI is InChI=1S/C14H11ClN2OS/c1-18-9-6-7-12-13(8-9)19-14(17-12)16-11-5-3-2-4-10(11)15/h2-8H,1H3,(H,16,17). The zero-order valence-corrected chi connectivity index (χ0v) is 11.8. The number of hydrogen-bond acceptors (Lipinski definition) is 4. The highest BCUT2D eigenvalue weighted by molar-refractivity contribution is 7.22. The van der Waals surface area contributed by atoms with Crippen molar-refractivity contribution in [2.75, 3.05) is 12.4 Å². The third kappa shape index (κ3) is 2.50. The molecule has 0 spiro atoms. The number of benzene rings is 2. The van der Waals surface area contributed by atoms with Gasteiger partial charge in [0.15, 0.2) is 5.13 Å². The molecule has 3 rings (SSSR count). The molecule has 0 radical (unpaired) electrons. The highest BCUT2D eigenvalue weighted by Gasteiger charge is 2.06. The maximum Gasteiger partial charge on any atom is 0.188 e. The van der Waals surface area contributed by atoms with Crippen molar-refractivity contribution in [2.24, 2.45) is 0 Å². The lowest BCUT2D eigenvalue weighted by Crippen LogP contribution is -1.89. The van der Waals surface area contributed by atoms with Gasteiger partial charge in [0, 0.05) is 0 Å². The van der Waals surface area contributed by atoms with Gasteiger partial charge >= 0.3 is 0 Å². The number of methoxy groups -OCH3 is 1. The summed E-state index contributed by atoms with van der Waals surface area (Å²) in [6, 6.07) is 13.4. The fourth-order valence-electron chi connectivity index (χ4n) is 1.76. The molecule has 1 aromatic heterocycles. The highest BCUT2D eigenvalue weighted by atomic mass is 35.5. The van der Waals surface area contributed by atoms with Gasteiger partial charge in [-0.2, -0.15) is 0 Å². The van der Waals surface area contributed by atoms with Crippen LogP contribution in [0.25, 0.3) is 10.2 Å². The number of thiazole rings is 1. The van der Waals surface area contributed by atoms with Crippen LogP contribution in [-0.4, -0.2) is 12.1 Å². The van der Waals surface area contributed by atoms with Crippen LogP contribution in [-0.2, 0) is 0 Å². The predicted molar refractivity (Wildman–Crippen MR) is 80.9 cm³/mol. The summed E-state index contributed by atoms with van der Waals surface area (Å²) in [6.45, 7) is 0. The third-order valence-electron chi connectivity index (χ3n) is 2.71. The van der Waals surface area contributed by atoms with Crippen molar-refractivity contribution < 1.29 is 4.74 Å². The van der Waals surface area contributed by atoms with Gasteiger partial charge in [0.05, 0.1) is 28.0 Å². The number of para-hydroxylation sites is 1. The van der Waals surface area contributed by atoms with Crippen molar-refractivity contribution in [3.05, 3.63) is 47.5 Å². The normalized spacial score (nSPS) is 10.6. The molecular weight excluding hydrogens is 280 g/mol. The number of ether oxygens (including phenoxy) is 1. The van der Waals surface area contributed by atoms with Crippen molar-refractivity contribution in [2.45, 2.75) is 0 Å². The molecule has 0 bridgehead atoms. The van der Waals surface area contributed by atoms with Crippen LogP contribution >= 0.6 is 22.9 Å². The van der Waals surface area contributed by atoms with Gasteiger partial charge in [0.25, 0.3) is 0 Å². The first kappa shape index (κ1) is 12.3. The topological polar surface area (TPSA) is 34.1 Å². The van der Waals surface area contributed by atoms with Crippen LogP contribution in [0.3, 0.4) is 0 Å². The Balaban J connectivity index is 1.95. The van der Waals surface area contributed by atoms with E-state index in [0.717, 1.165) is 26.8 Å². The van der Waals surface area contributed by atoms with Gasteiger partial charge in [0.2, 0.25) is 0 Å². The van der Waals surface area contributed by atoms with E-state index >= 15 is 0 Å². The van der Waals surface area contributed by atoms with Gasteiger partial charge < -0.3 is 10.1 Å². The molecule has 3 nitrogen and oxygen atoms in total.